The number of piperidine rings is 1. The molecule has 3 aliphatic rings. The molecule has 2 aliphatic heterocycles. The smallest absolute Gasteiger partial charge is 0.410 e. The number of hydrogen-bond acceptors (Lipinski definition) is 2. The van der Waals surface area contributed by atoms with E-state index in [4.69, 9.17) is 4.74 Å². The fourth-order valence-corrected chi connectivity index (χ4v) is 6.40. The molecule has 1 amide bonds. The summed E-state index contributed by atoms with van der Waals surface area (Å²) in [4.78, 5) is 15.3. The van der Waals surface area contributed by atoms with E-state index in [1.165, 1.54) is 28.3 Å². The van der Waals surface area contributed by atoms with Crippen LogP contribution in [0.2, 0.25) is 0 Å². The Kier molecular flexibility index (Phi) is 5.53. The van der Waals surface area contributed by atoms with Gasteiger partial charge in [0, 0.05) is 16.4 Å². The molecular formula is C29H25BrFNO2. The van der Waals surface area contributed by atoms with Crippen LogP contribution in [0, 0.1) is 5.82 Å². The van der Waals surface area contributed by atoms with Crippen LogP contribution in [0.5, 0.6) is 0 Å². The number of nitrogens with zero attached hydrogens (tertiary/aromatic N) is 1. The molecule has 0 spiro atoms. The second-order valence-electron chi connectivity index (χ2n) is 9.42. The minimum atomic E-state index is -0.255. The molecule has 1 aliphatic carbocycles. The lowest BCUT2D eigenvalue weighted by molar-refractivity contribution is 0.0539. The van der Waals surface area contributed by atoms with Crippen LogP contribution in [0.25, 0.3) is 16.7 Å². The molecule has 0 radical (unpaired) electrons. The molecule has 2 atom stereocenters. The molecule has 1 saturated heterocycles. The van der Waals surface area contributed by atoms with Gasteiger partial charge in [-0.15, -0.1) is 0 Å². The lowest BCUT2D eigenvalue weighted by Crippen LogP contribution is -2.51. The second-order valence-corrected chi connectivity index (χ2v) is 10.3. The number of fused-ring (bicyclic) bond motifs is 5. The molecule has 3 aromatic carbocycles. The van der Waals surface area contributed by atoms with E-state index < -0.39 is 0 Å². The van der Waals surface area contributed by atoms with Gasteiger partial charge in [-0.1, -0.05) is 70.5 Å². The van der Waals surface area contributed by atoms with E-state index in [-0.39, 0.29) is 29.9 Å². The number of halogens is 2. The molecule has 0 N–H and O–H groups in total. The van der Waals surface area contributed by atoms with Crippen molar-refractivity contribution in [2.24, 2.45) is 0 Å². The summed E-state index contributed by atoms with van der Waals surface area (Å²) in [6.07, 6.45) is 5.54. The van der Waals surface area contributed by atoms with Gasteiger partial charge in [-0.3, -0.25) is 4.90 Å². The fraction of sp³-hybridized carbons (Fsp3) is 0.276. The maximum absolute atomic E-state index is 14.0. The van der Waals surface area contributed by atoms with Crippen molar-refractivity contribution in [1.29, 1.82) is 0 Å². The van der Waals surface area contributed by atoms with E-state index in [1.807, 2.05) is 23.1 Å². The highest BCUT2D eigenvalue weighted by atomic mass is 79.9. The molecule has 1 fully saturated rings. The molecule has 3 aromatic rings. The summed E-state index contributed by atoms with van der Waals surface area (Å²) in [5.74, 6) is -0.203. The van der Waals surface area contributed by atoms with E-state index in [2.05, 4.69) is 58.4 Å². The Balaban J connectivity index is 1.22. The van der Waals surface area contributed by atoms with Crippen LogP contribution in [0.1, 0.15) is 48.3 Å². The largest absolute Gasteiger partial charge is 0.448 e. The van der Waals surface area contributed by atoms with Crippen molar-refractivity contribution in [3.63, 3.8) is 0 Å². The van der Waals surface area contributed by atoms with Crippen molar-refractivity contribution < 1.29 is 13.9 Å². The number of amides is 1. The minimum Gasteiger partial charge on any atom is -0.448 e. The average Bonchev–Trinajstić information content (AvgIpc) is 3.15. The maximum Gasteiger partial charge on any atom is 0.410 e. The Labute approximate surface area is 207 Å². The summed E-state index contributed by atoms with van der Waals surface area (Å²) >= 11 is 3.40. The van der Waals surface area contributed by atoms with Gasteiger partial charge in [0.05, 0.1) is 6.04 Å². The first-order valence-electron chi connectivity index (χ1n) is 11.9. The quantitative estimate of drug-likeness (QED) is 0.358. The van der Waals surface area contributed by atoms with Crippen molar-refractivity contribution >= 4 is 27.6 Å². The summed E-state index contributed by atoms with van der Waals surface area (Å²) in [7, 11) is 0. The van der Waals surface area contributed by atoms with Crippen LogP contribution in [-0.2, 0) is 4.74 Å². The predicted molar refractivity (Wildman–Crippen MR) is 135 cm³/mol. The van der Waals surface area contributed by atoms with E-state index in [0.717, 1.165) is 41.3 Å². The topological polar surface area (TPSA) is 29.5 Å². The van der Waals surface area contributed by atoms with Gasteiger partial charge in [0.15, 0.2) is 0 Å². The molecule has 3 nitrogen and oxygen atoms in total. The molecule has 2 heterocycles. The first-order chi connectivity index (χ1) is 16.6. The van der Waals surface area contributed by atoms with Gasteiger partial charge in [-0.2, -0.15) is 0 Å². The van der Waals surface area contributed by atoms with E-state index in [1.54, 1.807) is 6.07 Å². The van der Waals surface area contributed by atoms with Crippen molar-refractivity contribution in [2.45, 2.75) is 43.7 Å². The summed E-state index contributed by atoms with van der Waals surface area (Å²) in [6, 6.07) is 21.8. The third-order valence-corrected chi connectivity index (χ3v) is 7.88. The normalized spacial score (nSPS) is 21.0. The lowest BCUT2D eigenvalue weighted by atomic mass is 9.83. The minimum absolute atomic E-state index is 0.0137. The third kappa shape index (κ3) is 3.76. The lowest BCUT2D eigenvalue weighted by Gasteiger charge is -2.44. The van der Waals surface area contributed by atoms with Crippen molar-refractivity contribution in [3.05, 3.63) is 99.8 Å². The summed E-state index contributed by atoms with van der Waals surface area (Å²) in [5, 5.41) is 0. The Morgan fingerprint density at radius 2 is 1.71 bits per heavy atom. The first kappa shape index (κ1) is 21.6. The number of benzene rings is 3. The molecule has 172 valence electrons. The molecule has 6 rings (SSSR count). The van der Waals surface area contributed by atoms with Crippen molar-refractivity contribution in [1.82, 2.24) is 4.90 Å². The Bertz CT molecular complexity index is 1240. The highest BCUT2D eigenvalue weighted by Gasteiger charge is 2.39. The predicted octanol–water partition coefficient (Wildman–Crippen LogP) is 7.55. The van der Waals surface area contributed by atoms with E-state index >= 15 is 0 Å². The summed E-state index contributed by atoms with van der Waals surface area (Å²) in [6.45, 7) is 0.330. The molecule has 5 heteroatoms. The van der Waals surface area contributed by atoms with Crippen LogP contribution in [0.15, 0.2) is 77.3 Å². The highest BCUT2D eigenvalue weighted by molar-refractivity contribution is 9.10. The average molecular weight is 518 g/mol. The summed E-state index contributed by atoms with van der Waals surface area (Å²) < 4.78 is 20.7. The Morgan fingerprint density at radius 3 is 2.38 bits per heavy atom. The van der Waals surface area contributed by atoms with Gasteiger partial charge in [-0.05, 0) is 77.3 Å². The van der Waals surface area contributed by atoms with Crippen molar-refractivity contribution in [3.8, 4) is 11.1 Å². The van der Waals surface area contributed by atoms with Crippen LogP contribution in [0.4, 0.5) is 9.18 Å². The third-order valence-electron chi connectivity index (χ3n) is 7.42. The molecular weight excluding hydrogens is 493 g/mol. The van der Waals surface area contributed by atoms with Crippen LogP contribution in [0.3, 0.4) is 0 Å². The molecule has 2 unspecified atom stereocenters. The molecule has 0 saturated carbocycles. The van der Waals surface area contributed by atoms with Gasteiger partial charge >= 0.3 is 6.09 Å². The van der Waals surface area contributed by atoms with E-state index in [0.29, 0.717) is 6.61 Å². The molecule has 34 heavy (non-hydrogen) atoms. The van der Waals surface area contributed by atoms with Crippen LogP contribution in [-0.4, -0.2) is 29.7 Å². The first-order valence-corrected chi connectivity index (χ1v) is 12.7. The van der Waals surface area contributed by atoms with Crippen LogP contribution >= 0.6 is 15.9 Å². The van der Waals surface area contributed by atoms with Crippen molar-refractivity contribution in [2.75, 3.05) is 6.61 Å². The standard InChI is InChI=1S/C29H25BrFNO2/c30-20-12-18(13-21(31)16-20)19-14-22-6-5-7-23(15-19)32(22)29(33)34-17-28-26-10-3-1-8-24(26)25-9-2-4-11-27(25)28/h1-4,8-14,16,22-23,28H,5-7,15,17H2. The van der Waals surface area contributed by atoms with Gasteiger partial charge in [0.25, 0.3) is 0 Å². The monoisotopic (exact) mass is 517 g/mol. The van der Waals surface area contributed by atoms with Gasteiger partial charge in [0.1, 0.15) is 12.4 Å². The fourth-order valence-electron chi connectivity index (χ4n) is 5.94. The number of rotatable bonds is 3. The van der Waals surface area contributed by atoms with E-state index in [9.17, 15) is 9.18 Å². The maximum atomic E-state index is 14.0. The number of hydrogen-bond donors (Lipinski definition) is 0. The SMILES string of the molecule is O=C(OCC1c2ccccc2-c2ccccc21)N1C2C=C(c3cc(F)cc(Br)c3)CC1CCC2. The Morgan fingerprint density at radius 1 is 1.00 bits per heavy atom. The van der Waals surface area contributed by atoms with Gasteiger partial charge < -0.3 is 4.74 Å². The zero-order chi connectivity index (χ0) is 23.2. The Hall–Kier alpha value is -2.92. The van der Waals surface area contributed by atoms with Crippen LogP contribution < -0.4 is 0 Å². The highest BCUT2D eigenvalue weighted by Crippen LogP contribution is 2.45. The number of carbonyl (C=O) groups is 1. The number of carbonyl (C=O) groups excluding carboxylic acids is 1. The second kappa shape index (κ2) is 8.70. The number of ether oxygens (including phenoxy) is 1. The van der Waals surface area contributed by atoms with Gasteiger partial charge in [0.2, 0.25) is 0 Å². The molecule has 0 aromatic heterocycles. The molecule has 2 bridgehead atoms. The zero-order valence-electron chi connectivity index (χ0n) is 18.7. The summed E-state index contributed by atoms with van der Waals surface area (Å²) in [5.41, 5.74) is 6.88. The zero-order valence-corrected chi connectivity index (χ0v) is 20.3. The van der Waals surface area contributed by atoms with Gasteiger partial charge in [-0.25, -0.2) is 9.18 Å².